The molecule has 2 heterocycles. The molecule has 0 aliphatic carbocycles. The monoisotopic (exact) mass is 385 g/mol. The average molecular weight is 386 g/mol. The molecule has 2 aromatic heterocycles. The van der Waals surface area contributed by atoms with Crippen molar-refractivity contribution in [3.63, 3.8) is 0 Å². The van der Waals surface area contributed by atoms with Gasteiger partial charge in [0, 0.05) is 17.5 Å². The Morgan fingerprint density at radius 2 is 2.04 bits per heavy atom. The van der Waals surface area contributed by atoms with Crippen LogP contribution in [0.25, 0.3) is 33.7 Å². The van der Waals surface area contributed by atoms with Crippen LogP contribution in [0.3, 0.4) is 0 Å². The van der Waals surface area contributed by atoms with E-state index in [4.69, 9.17) is 16.1 Å². The lowest BCUT2D eigenvalue weighted by Gasteiger charge is -2.11. The molecule has 0 saturated heterocycles. The first-order valence-corrected chi connectivity index (χ1v) is 8.53. The fourth-order valence-electron chi connectivity index (χ4n) is 3.00. The van der Waals surface area contributed by atoms with Gasteiger partial charge in [-0.1, -0.05) is 28.9 Å². The van der Waals surface area contributed by atoms with E-state index in [9.17, 15) is 14.3 Å². The van der Waals surface area contributed by atoms with E-state index >= 15 is 0 Å². The van der Waals surface area contributed by atoms with E-state index in [1.165, 1.54) is 16.7 Å². The smallest absolute Gasteiger partial charge is 0.267 e. The molecular weight excluding hydrogens is 373 g/mol. The van der Waals surface area contributed by atoms with Crippen molar-refractivity contribution in [3.8, 4) is 28.6 Å². The van der Waals surface area contributed by atoms with Crippen LogP contribution in [0.15, 0.2) is 51.8 Å². The van der Waals surface area contributed by atoms with Gasteiger partial charge in [0.15, 0.2) is 0 Å². The summed E-state index contributed by atoms with van der Waals surface area (Å²) < 4.78 is 20.3. The normalized spacial score (nSPS) is 11.2. The molecule has 27 heavy (non-hydrogen) atoms. The molecule has 0 spiro atoms. The van der Waals surface area contributed by atoms with E-state index in [1.54, 1.807) is 31.2 Å². The first kappa shape index (κ1) is 17.2. The molecule has 0 radical (unpaired) electrons. The number of benzene rings is 2. The third kappa shape index (κ3) is 2.76. The third-order valence-electron chi connectivity index (χ3n) is 4.27. The fraction of sp³-hybridized carbons (Fsp3) is 0.105. The number of fused-ring (bicyclic) bond motifs is 1. The maximum Gasteiger partial charge on any atom is 0.267 e. The summed E-state index contributed by atoms with van der Waals surface area (Å²) in [5.74, 6) is -0.932. The SMILES string of the molecule is CCn1c(=O)c(-c2nc(-c3ccccc3Cl)no2)c(O)c2cc(F)ccc21. The second-order valence-electron chi connectivity index (χ2n) is 5.84. The maximum absolute atomic E-state index is 13.7. The first-order valence-electron chi connectivity index (χ1n) is 8.15. The van der Waals surface area contributed by atoms with E-state index in [2.05, 4.69) is 10.1 Å². The minimum atomic E-state index is -0.535. The first-order chi connectivity index (χ1) is 13.0. The number of rotatable bonds is 3. The van der Waals surface area contributed by atoms with Crippen molar-refractivity contribution in [3.05, 3.63) is 63.7 Å². The molecule has 6 nitrogen and oxygen atoms in total. The van der Waals surface area contributed by atoms with Crippen LogP contribution in [0.2, 0.25) is 5.02 Å². The largest absolute Gasteiger partial charge is 0.506 e. The highest BCUT2D eigenvalue weighted by Crippen LogP contribution is 2.34. The van der Waals surface area contributed by atoms with Gasteiger partial charge in [-0.3, -0.25) is 4.79 Å². The van der Waals surface area contributed by atoms with Crippen molar-refractivity contribution in [2.45, 2.75) is 13.5 Å². The van der Waals surface area contributed by atoms with Gasteiger partial charge in [0.25, 0.3) is 11.4 Å². The minimum absolute atomic E-state index is 0.166. The molecule has 136 valence electrons. The maximum atomic E-state index is 13.7. The Morgan fingerprint density at radius 3 is 2.78 bits per heavy atom. The van der Waals surface area contributed by atoms with E-state index in [-0.39, 0.29) is 22.7 Å². The molecule has 0 atom stereocenters. The quantitative estimate of drug-likeness (QED) is 0.570. The van der Waals surface area contributed by atoms with Gasteiger partial charge < -0.3 is 14.2 Å². The Morgan fingerprint density at radius 1 is 1.26 bits per heavy atom. The van der Waals surface area contributed by atoms with Gasteiger partial charge in [-0.25, -0.2) is 4.39 Å². The molecule has 4 rings (SSSR count). The number of aromatic nitrogens is 3. The molecule has 0 aliphatic heterocycles. The lowest BCUT2D eigenvalue weighted by atomic mass is 10.1. The second-order valence-corrected chi connectivity index (χ2v) is 6.24. The Hall–Kier alpha value is -3.19. The molecule has 2 aromatic carbocycles. The van der Waals surface area contributed by atoms with E-state index in [0.717, 1.165) is 6.07 Å². The van der Waals surface area contributed by atoms with Crippen molar-refractivity contribution >= 4 is 22.5 Å². The summed E-state index contributed by atoms with van der Waals surface area (Å²) >= 11 is 6.14. The summed E-state index contributed by atoms with van der Waals surface area (Å²) in [5, 5.41) is 15.1. The van der Waals surface area contributed by atoms with Crippen molar-refractivity contribution in [1.82, 2.24) is 14.7 Å². The predicted octanol–water partition coefficient (Wildman–Crippen LogP) is 4.24. The van der Waals surface area contributed by atoms with Gasteiger partial charge in [0.1, 0.15) is 17.1 Å². The summed E-state index contributed by atoms with van der Waals surface area (Å²) in [6.07, 6.45) is 0. The van der Waals surface area contributed by atoms with Crippen molar-refractivity contribution in [1.29, 1.82) is 0 Å². The Bertz CT molecular complexity index is 1230. The number of hydrogen-bond acceptors (Lipinski definition) is 5. The molecule has 0 saturated carbocycles. The van der Waals surface area contributed by atoms with Crippen molar-refractivity contribution in [2.24, 2.45) is 0 Å². The zero-order valence-electron chi connectivity index (χ0n) is 14.1. The highest BCUT2D eigenvalue weighted by atomic mass is 35.5. The molecule has 0 aliphatic rings. The Labute approximate surface area is 157 Å². The van der Waals surface area contributed by atoms with Gasteiger partial charge in [-0.05, 0) is 37.3 Å². The molecule has 8 heteroatoms. The second kappa shape index (κ2) is 6.51. The standard InChI is InChI=1S/C19H13ClFN3O3/c1-2-24-14-8-7-10(21)9-12(14)16(25)15(19(24)26)18-22-17(23-27-18)11-5-3-4-6-13(11)20/h3-9,25H,2H2,1H3. The molecule has 0 unspecified atom stereocenters. The molecule has 0 bridgehead atoms. The number of halogens is 2. The van der Waals surface area contributed by atoms with Gasteiger partial charge in [0.2, 0.25) is 5.82 Å². The van der Waals surface area contributed by atoms with E-state index < -0.39 is 17.1 Å². The molecule has 1 N–H and O–H groups in total. The predicted molar refractivity (Wildman–Crippen MR) is 99.2 cm³/mol. The van der Waals surface area contributed by atoms with Crippen LogP contribution in [-0.2, 0) is 6.54 Å². The summed E-state index contributed by atoms with van der Waals surface area (Å²) in [4.78, 5) is 17.1. The number of aromatic hydroxyl groups is 1. The van der Waals surface area contributed by atoms with Crippen LogP contribution in [0, 0.1) is 5.82 Å². The van der Waals surface area contributed by atoms with Gasteiger partial charge in [0.05, 0.1) is 10.5 Å². The summed E-state index contributed by atoms with van der Waals surface area (Å²) in [5.41, 5.74) is 0.247. The number of hydrogen-bond donors (Lipinski definition) is 1. The zero-order valence-corrected chi connectivity index (χ0v) is 14.9. The van der Waals surface area contributed by atoms with Gasteiger partial charge in [-0.15, -0.1) is 0 Å². The van der Waals surface area contributed by atoms with Gasteiger partial charge in [-0.2, -0.15) is 4.98 Å². The van der Waals surface area contributed by atoms with Crippen molar-refractivity contribution in [2.75, 3.05) is 0 Å². The van der Waals surface area contributed by atoms with Crippen LogP contribution in [0.1, 0.15) is 6.92 Å². The number of aryl methyl sites for hydroxylation is 1. The Kier molecular flexibility index (Phi) is 4.16. The number of pyridine rings is 1. The third-order valence-corrected chi connectivity index (χ3v) is 4.60. The van der Waals surface area contributed by atoms with Crippen LogP contribution in [0.5, 0.6) is 5.75 Å². The highest BCUT2D eigenvalue weighted by molar-refractivity contribution is 6.33. The van der Waals surface area contributed by atoms with Crippen LogP contribution in [-0.4, -0.2) is 19.8 Å². The number of nitrogens with zero attached hydrogens (tertiary/aromatic N) is 3. The highest BCUT2D eigenvalue weighted by Gasteiger charge is 2.23. The van der Waals surface area contributed by atoms with Crippen LogP contribution >= 0.6 is 11.6 Å². The fourth-order valence-corrected chi connectivity index (χ4v) is 3.22. The van der Waals surface area contributed by atoms with Crippen LogP contribution < -0.4 is 5.56 Å². The van der Waals surface area contributed by atoms with Gasteiger partial charge >= 0.3 is 0 Å². The summed E-state index contributed by atoms with van der Waals surface area (Å²) in [7, 11) is 0. The minimum Gasteiger partial charge on any atom is -0.506 e. The molecule has 4 aromatic rings. The summed E-state index contributed by atoms with van der Waals surface area (Å²) in [6, 6.07) is 10.7. The zero-order chi connectivity index (χ0) is 19.1. The Balaban J connectivity index is 1.98. The molecule has 0 fully saturated rings. The molecule has 0 amide bonds. The van der Waals surface area contributed by atoms with E-state index in [0.29, 0.717) is 22.6 Å². The van der Waals surface area contributed by atoms with Crippen LogP contribution in [0.4, 0.5) is 4.39 Å². The topological polar surface area (TPSA) is 81.2 Å². The lowest BCUT2D eigenvalue weighted by Crippen LogP contribution is -2.21. The molecular formula is C19H13ClFN3O3. The van der Waals surface area contributed by atoms with E-state index in [1.807, 2.05) is 0 Å². The lowest BCUT2D eigenvalue weighted by molar-refractivity contribution is 0.425. The average Bonchev–Trinajstić information content (AvgIpc) is 3.12. The summed E-state index contributed by atoms with van der Waals surface area (Å²) in [6.45, 7) is 2.09. The van der Waals surface area contributed by atoms with Crippen molar-refractivity contribution < 1.29 is 14.0 Å².